The summed E-state index contributed by atoms with van der Waals surface area (Å²) in [6.45, 7) is 3.64. The quantitative estimate of drug-likeness (QED) is 0.763. The van der Waals surface area contributed by atoms with Crippen molar-refractivity contribution in [3.63, 3.8) is 0 Å². The number of carbonyl (C=O) groups is 2. The highest BCUT2D eigenvalue weighted by atomic mass is 16.2. The van der Waals surface area contributed by atoms with Gasteiger partial charge < -0.3 is 10.6 Å². The summed E-state index contributed by atoms with van der Waals surface area (Å²) in [5, 5.41) is 6.01. The minimum atomic E-state index is -0.546. The van der Waals surface area contributed by atoms with Crippen molar-refractivity contribution in [2.24, 2.45) is 0 Å². The van der Waals surface area contributed by atoms with Crippen LogP contribution in [0.5, 0.6) is 0 Å². The molecule has 1 saturated heterocycles. The maximum absolute atomic E-state index is 11.9. The minimum Gasteiger partial charge on any atom is -0.373 e. The molecule has 0 aromatic carbocycles. The molecule has 1 aromatic rings. The van der Waals surface area contributed by atoms with Gasteiger partial charge in [-0.3, -0.25) is 14.5 Å². The van der Waals surface area contributed by atoms with E-state index in [9.17, 15) is 9.59 Å². The van der Waals surface area contributed by atoms with Crippen LogP contribution < -0.4 is 10.6 Å². The maximum Gasteiger partial charge on any atom is 0.251 e. The van der Waals surface area contributed by atoms with Crippen molar-refractivity contribution in [1.29, 1.82) is 0 Å². The normalized spacial score (nSPS) is 18.9. The van der Waals surface area contributed by atoms with Gasteiger partial charge in [-0.05, 0) is 13.8 Å². The van der Waals surface area contributed by atoms with Crippen molar-refractivity contribution < 1.29 is 9.59 Å². The zero-order valence-electron chi connectivity index (χ0n) is 11.4. The van der Waals surface area contributed by atoms with Gasteiger partial charge in [0.15, 0.2) is 0 Å². The monoisotopic (exact) mass is 263 g/mol. The molecule has 2 N–H and O–H groups in total. The third kappa shape index (κ3) is 2.35. The second-order valence-electron chi connectivity index (χ2n) is 4.54. The summed E-state index contributed by atoms with van der Waals surface area (Å²) in [6, 6.07) is -0.546. The molecule has 19 heavy (non-hydrogen) atoms. The van der Waals surface area contributed by atoms with Gasteiger partial charge in [0.2, 0.25) is 5.91 Å². The fourth-order valence-electron chi connectivity index (χ4n) is 2.05. The molecule has 1 aromatic heterocycles. The number of nitrogens with zero attached hydrogens (tertiary/aromatic N) is 3. The van der Waals surface area contributed by atoms with Crippen LogP contribution in [0.2, 0.25) is 0 Å². The second-order valence-corrected chi connectivity index (χ2v) is 4.54. The molecule has 1 unspecified atom stereocenters. The van der Waals surface area contributed by atoms with E-state index in [2.05, 4.69) is 20.6 Å². The van der Waals surface area contributed by atoms with E-state index >= 15 is 0 Å². The van der Waals surface area contributed by atoms with Gasteiger partial charge in [0.25, 0.3) is 5.91 Å². The summed E-state index contributed by atoms with van der Waals surface area (Å²) in [6.07, 6.45) is 0.159. The van der Waals surface area contributed by atoms with Gasteiger partial charge in [0.1, 0.15) is 23.5 Å². The Morgan fingerprint density at radius 2 is 1.84 bits per heavy atom. The lowest BCUT2D eigenvalue weighted by Crippen LogP contribution is -2.32. The van der Waals surface area contributed by atoms with Crippen molar-refractivity contribution in [3.8, 4) is 0 Å². The number of hydrogen-bond acceptors (Lipinski definition) is 6. The predicted molar refractivity (Wildman–Crippen MR) is 70.9 cm³/mol. The van der Waals surface area contributed by atoms with E-state index < -0.39 is 6.04 Å². The molecule has 0 bridgehead atoms. The number of likely N-dealkylation sites (tertiary alicyclic amines) is 1. The molecular formula is C12H17N5O2. The topological polar surface area (TPSA) is 87.2 Å². The minimum absolute atomic E-state index is 0.159. The molecule has 1 fully saturated rings. The lowest BCUT2D eigenvalue weighted by Gasteiger charge is -2.15. The number of carbonyl (C=O) groups excluding carboxylic acids is 2. The van der Waals surface area contributed by atoms with E-state index in [1.54, 1.807) is 14.0 Å². The summed E-state index contributed by atoms with van der Waals surface area (Å²) < 4.78 is 0. The number of rotatable bonds is 3. The molecule has 0 radical (unpaired) electrons. The molecule has 1 aliphatic rings. The van der Waals surface area contributed by atoms with Crippen LogP contribution in [0.1, 0.15) is 17.8 Å². The van der Waals surface area contributed by atoms with Gasteiger partial charge in [-0.15, -0.1) is 0 Å². The number of likely N-dealkylation sites (N-methyl/N-ethyl adjacent to an activating group) is 1. The van der Waals surface area contributed by atoms with Crippen LogP contribution in [0.15, 0.2) is 0 Å². The van der Waals surface area contributed by atoms with Crippen molar-refractivity contribution in [3.05, 3.63) is 11.4 Å². The van der Waals surface area contributed by atoms with E-state index in [0.29, 0.717) is 17.5 Å². The maximum atomic E-state index is 11.9. The summed E-state index contributed by atoms with van der Waals surface area (Å²) in [4.78, 5) is 33.0. The first kappa shape index (κ1) is 13.3. The average Bonchev–Trinajstić information content (AvgIpc) is 2.61. The average molecular weight is 263 g/mol. The van der Waals surface area contributed by atoms with Crippen LogP contribution in [0, 0.1) is 13.8 Å². The molecule has 0 saturated carbocycles. The highest BCUT2D eigenvalue weighted by Gasteiger charge is 2.36. The van der Waals surface area contributed by atoms with Crippen molar-refractivity contribution in [2.75, 3.05) is 24.7 Å². The second kappa shape index (κ2) is 4.83. The number of anilines is 2. The number of aromatic nitrogens is 2. The Labute approximate surface area is 111 Å². The molecule has 2 amide bonds. The lowest BCUT2D eigenvalue weighted by atomic mass is 10.2. The Morgan fingerprint density at radius 1 is 1.21 bits per heavy atom. The van der Waals surface area contributed by atoms with Gasteiger partial charge in [-0.1, -0.05) is 0 Å². The first-order valence-electron chi connectivity index (χ1n) is 6.04. The Kier molecular flexibility index (Phi) is 3.37. The van der Waals surface area contributed by atoms with E-state index in [1.807, 2.05) is 6.92 Å². The molecule has 0 aliphatic carbocycles. The van der Waals surface area contributed by atoms with E-state index in [1.165, 1.54) is 7.05 Å². The molecule has 7 nitrogen and oxygen atoms in total. The summed E-state index contributed by atoms with van der Waals surface area (Å²) in [5.41, 5.74) is 0.822. The SMILES string of the molecule is CNc1nc(C)nc(NC2CC(=O)N(C)C2=O)c1C. The van der Waals surface area contributed by atoms with Crippen LogP contribution >= 0.6 is 0 Å². The molecule has 2 rings (SSSR count). The zero-order valence-corrected chi connectivity index (χ0v) is 11.4. The summed E-state index contributed by atoms with van der Waals surface area (Å²) in [7, 11) is 3.26. The highest BCUT2D eigenvalue weighted by Crippen LogP contribution is 2.22. The Balaban J connectivity index is 2.27. The smallest absolute Gasteiger partial charge is 0.251 e. The van der Waals surface area contributed by atoms with Crippen molar-refractivity contribution in [1.82, 2.24) is 14.9 Å². The van der Waals surface area contributed by atoms with Gasteiger partial charge in [0, 0.05) is 19.7 Å². The third-order valence-electron chi connectivity index (χ3n) is 3.19. The molecule has 1 aliphatic heterocycles. The van der Waals surface area contributed by atoms with Crippen LogP contribution in [0.25, 0.3) is 0 Å². The fraction of sp³-hybridized carbons (Fsp3) is 0.500. The molecule has 0 spiro atoms. The fourth-order valence-corrected chi connectivity index (χ4v) is 2.05. The zero-order chi connectivity index (χ0) is 14.2. The largest absolute Gasteiger partial charge is 0.373 e. The number of aryl methyl sites for hydroxylation is 1. The molecular weight excluding hydrogens is 246 g/mol. The van der Waals surface area contributed by atoms with Gasteiger partial charge in [-0.2, -0.15) is 0 Å². The van der Waals surface area contributed by atoms with E-state index in [-0.39, 0.29) is 18.2 Å². The summed E-state index contributed by atoms with van der Waals surface area (Å²) >= 11 is 0. The first-order valence-corrected chi connectivity index (χ1v) is 6.04. The number of imide groups is 1. The van der Waals surface area contributed by atoms with E-state index in [0.717, 1.165) is 10.5 Å². The van der Waals surface area contributed by atoms with Crippen molar-refractivity contribution >= 4 is 23.5 Å². The lowest BCUT2D eigenvalue weighted by molar-refractivity contribution is -0.136. The van der Waals surface area contributed by atoms with E-state index in [4.69, 9.17) is 0 Å². The standard InChI is InChI=1S/C12H17N5O2/c1-6-10(13-3)14-7(2)15-11(6)16-8-5-9(18)17(4)12(8)19/h8H,5H2,1-4H3,(H2,13,14,15,16). The number of hydrogen-bond donors (Lipinski definition) is 2. The first-order chi connectivity index (χ1) is 8.93. The van der Waals surface area contributed by atoms with Crippen LogP contribution in [0.3, 0.4) is 0 Å². The highest BCUT2D eigenvalue weighted by molar-refractivity contribution is 6.06. The van der Waals surface area contributed by atoms with Crippen LogP contribution in [0.4, 0.5) is 11.6 Å². The summed E-state index contributed by atoms with van der Waals surface area (Å²) in [5.74, 6) is 1.48. The van der Waals surface area contributed by atoms with Gasteiger partial charge in [-0.25, -0.2) is 9.97 Å². The number of nitrogens with one attached hydrogen (secondary N) is 2. The van der Waals surface area contributed by atoms with Gasteiger partial charge in [0.05, 0.1) is 6.42 Å². The molecule has 2 heterocycles. The van der Waals surface area contributed by atoms with Crippen molar-refractivity contribution in [2.45, 2.75) is 26.3 Å². The molecule has 1 atom stereocenters. The Bertz CT molecular complexity index is 543. The van der Waals surface area contributed by atoms with Crippen LogP contribution in [-0.2, 0) is 9.59 Å². The predicted octanol–water partition coefficient (Wildman–Crippen LogP) is 0.304. The molecule has 7 heteroatoms. The van der Waals surface area contributed by atoms with Crippen LogP contribution in [-0.4, -0.2) is 46.8 Å². The Hall–Kier alpha value is -2.18. The third-order valence-corrected chi connectivity index (χ3v) is 3.19. The molecule has 102 valence electrons. The number of amides is 2. The van der Waals surface area contributed by atoms with Gasteiger partial charge >= 0.3 is 0 Å². The Morgan fingerprint density at radius 3 is 2.37 bits per heavy atom.